The van der Waals surface area contributed by atoms with Gasteiger partial charge in [0, 0.05) is 34.4 Å². The van der Waals surface area contributed by atoms with E-state index in [1.807, 2.05) is 42.6 Å². The Morgan fingerprint density at radius 3 is 2.76 bits per heavy atom. The van der Waals surface area contributed by atoms with Gasteiger partial charge in [0.1, 0.15) is 22.2 Å². The van der Waals surface area contributed by atoms with Crippen molar-refractivity contribution in [2.24, 2.45) is 0 Å². The predicted octanol–water partition coefficient (Wildman–Crippen LogP) is 4.47. The van der Waals surface area contributed by atoms with Gasteiger partial charge in [0.25, 0.3) is 5.91 Å². The zero-order valence-corrected chi connectivity index (χ0v) is 20.6. The number of aromatic hydroxyl groups is 1. The number of aromatic carboxylic acids is 1. The lowest BCUT2D eigenvalue weighted by atomic mass is 10.1. The van der Waals surface area contributed by atoms with Crippen molar-refractivity contribution in [3.63, 3.8) is 0 Å². The summed E-state index contributed by atoms with van der Waals surface area (Å²) in [6.45, 7) is -0.340. The zero-order chi connectivity index (χ0) is 26.1. The van der Waals surface area contributed by atoms with Crippen molar-refractivity contribution in [3.8, 4) is 17.0 Å². The fraction of sp³-hybridized carbons (Fsp3) is 0.0385. The molecule has 11 heteroatoms. The molecule has 0 saturated carbocycles. The standard InChI is InChI=1S/C26H18N4O5S2/c31-21-11-17(5-6-18(21)25(34)35)29-23(32)13-30-24(33)22(37-26(30)36)12-16-2-1-3-20(28-16)14-4-7-19-15(10-14)8-9-27-19/h1-12,27,31H,13H2,(H,29,32)(H,34,35)/b22-12-. The molecule has 4 aromatic rings. The number of amides is 2. The molecule has 1 aliphatic rings. The Morgan fingerprint density at radius 1 is 1.14 bits per heavy atom. The molecule has 0 unspecified atom stereocenters. The highest BCUT2D eigenvalue weighted by molar-refractivity contribution is 8.26. The number of phenols is 1. The van der Waals surface area contributed by atoms with Crippen LogP contribution >= 0.6 is 24.0 Å². The highest BCUT2D eigenvalue weighted by Gasteiger charge is 2.33. The number of H-pyrrole nitrogens is 1. The van der Waals surface area contributed by atoms with Gasteiger partial charge < -0.3 is 20.5 Å². The highest BCUT2D eigenvalue weighted by atomic mass is 32.2. The van der Waals surface area contributed by atoms with Crippen LogP contribution in [0.15, 0.2) is 71.8 Å². The van der Waals surface area contributed by atoms with Crippen LogP contribution in [0.5, 0.6) is 5.75 Å². The van der Waals surface area contributed by atoms with E-state index in [4.69, 9.17) is 17.3 Å². The molecule has 1 fully saturated rings. The number of carboxylic acids is 1. The maximum absolute atomic E-state index is 13.0. The minimum atomic E-state index is -1.29. The van der Waals surface area contributed by atoms with Gasteiger partial charge >= 0.3 is 5.97 Å². The van der Waals surface area contributed by atoms with Crippen molar-refractivity contribution in [3.05, 3.63) is 83.0 Å². The Morgan fingerprint density at radius 2 is 1.97 bits per heavy atom. The van der Waals surface area contributed by atoms with E-state index >= 15 is 0 Å². The molecule has 184 valence electrons. The number of aromatic amines is 1. The van der Waals surface area contributed by atoms with E-state index in [1.165, 1.54) is 17.0 Å². The number of thiocarbonyl (C=S) groups is 1. The number of rotatable bonds is 6. The van der Waals surface area contributed by atoms with Crippen molar-refractivity contribution < 1.29 is 24.6 Å². The summed E-state index contributed by atoms with van der Waals surface area (Å²) in [5, 5.41) is 22.4. The van der Waals surface area contributed by atoms with Crippen LogP contribution in [-0.4, -0.2) is 53.7 Å². The van der Waals surface area contributed by atoms with Gasteiger partial charge in [0.2, 0.25) is 5.91 Å². The number of nitrogens with one attached hydrogen (secondary N) is 2. The summed E-state index contributed by atoms with van der Waals surface area (Å²) in [6.07, 6.45) is 3.51. The van der Waals surface area contributed by atoms with Crippen LogP contribution in [0.2, 0.25) is 0 Å². The third-order valence-corrected chi connectivity index (χ3v) is 6.96. The number of thioether (sulfide) groups is 1. The summed E-state index contributed by atoms with van der Waals surface area (Å²) < 4.78 is 0.226. The molecular weight excluding hydrogens is 512 g/mol. The minimum Gasteiger partial charge on any atom is -0.507 e. The van der Waals surface area contributed by atoms with Crippen LogP contribution in [0.4, 0.5) is 5.69 Å². The largest absolute Gasteiger partial charge is 0.507 e. The summed E-state index contributed by atoms with van der Waals surface area (Å²) in [4.78, 5) is 45.9. The number of hydrogen-bond acceptors (Lipinski definition) is 7. The van der Waals surface area contributed by atoms with E-state index in [0.29, 0.717) is 10.6 Å². The molecule has 1 saturated heterocycles. The fourth-order valence-electron chi connectivity index (χ4n) is 3.81. The van der Waals surface area contributed by atoms with Crippen LogP contribution in [0, 0.1) is 0 Å². The highest BCUT2D eigenvalue weighted by Crippen LogP contribution is 2.33. The first-order valence-corrected chi connectivity index (χ1v) is 12.2. The summed E-state index contributed by atoms with van der Waals surface area (Å²) in [7, 11) is 0. The summed E-state index contributed by atoms with van der Waals surface area (Å²) in [5.74, 6) is -2.75. The Balaban J connectivity index is 1.29. The van der Waals surface area contributed by atoms with E-state index in [1.54, 1.807) is 12.1 Å². The van der Waals surface area contributed by atoms with Gasteiger partial charge in [-0.05, 0) is 48.5 Å². The lowest BCUT2D eigenvalue weighted by Crippen LogP contribution is -2.36. The number of fused-ring (bicyclic) bond motifs is 1. The normalized spacial score (nSPS) is 14.5. The molecule has 0 radical (unpaired) electrons. The maximum atomic E-state index is 13.0. The quantitative estimate of drug-likeness (QED) is 0.212. The average Bonchev–Trinajstić information content (AvgIpc) is 3.43. The number of nitrogens with zero attached hydrogens (tertiary/aromatic N) is 2. The number of benzene rings is 2. The van der Waals surface area contributed by atoms with Gasteiger partial charge in [-0.1, -0.05) is 36.1 Å². The van der Waals surface area contributed by atoms with Crippen molar-refractivity contribution in [2.45, 2.75) is 0 Å². The third kappa shape index (κ3) is 5.08. The molecule has 9 nitrogen and oxygen atoms in total. The van der Waals surface area contributed by atoms with Crippen LogP contribution in [0.1, 0.15) is 16.1 Å². The smallest absolute Gasteiger partial charge is 0.339 e. The second-order valence-corrected chi connectivity index (χ2v) is 9.76. The molecule has 0 spiro atoms. The first kappa shape index (κ1) is 24.2. The Hall–Kier alpha value is -4.48. The second kappa shape index (κ2) is 9.88. The first-order valence-electron chi connectivity index (χ1n) is 10.9. The van der Waals surface area contributed by atoms with Crippen LogP contribution < -0.4 is 5.32 Å². The number of hydrogen-bond donors (Lipinski definition) is 4. The van der Waals surface area contributed by atoms with Gasteiger partial charge in [-0.2, -0.15) is 0 Å². The van der Waals surface area contributed by atoms with Gasteiger partial charge in [-0.3, -0.25) is 14.5 Å². The van der Waals surface area contributed by atoms with Crippen molar-refractivity contribution in [1.29, 1.82) is 0 Å². The van der Waals surface area contributed by atoms with E-state index < -0.39 is 23.5 Å². The molecule has 0 aliphatic carbocycles. The number of carbonyl (C=O) groups is 3. The fourth-order valence-corrected chi connectivity index (χ4v) is 5.05. The molecule has 2 amide bonds. The number of carboxylic acid groups (broad SMARTS) is 1. The Kier molecular flexibility index (Phi) is 6.47. The molecule has 37 heavy (non-hydrogen) atoms. The van der Waals surface area contributed by atoms with E-state index in [2.05, 4.69) is 15.3 Å². The lowest BCUT2D eigenvalue weighted by Gasteiger charge is -2.14. The minimum absolute atomic E-state index is 0.187. The Labute approximate surface area is 219 Å². The SMILES string of the molecule is O=C(CN1C(=O)/C(=C/c2cccc(-c3ccc4[nH]ccc4c3)n2)SC1=S)Nc1ccc(C(=O)O)c(O)c1. The van der Waals surface area contributed by atoms with Gasteiger partial charge in [-0.15, -0.1) is 0 Å². The number of pyridine rings is 1. The van der Waals surface area contributed by atoms with E-state index in [-0.39, 0.29) is 22.1 Å². The van der Waals surface area contributed by atoms with Crippen molar-refractivity contribution in [2.75, 3.05) is 11.9 Å². The van der Waals surface area contributed by atoms with Gasteiger partial charge in [0.05, 0.1) is 16.3 Å². The molecule has 2 aromatic heterocycles. The first-order chi connectivity index (χ1) is 17.8. The second-order valence-electron chi connectivity index (χ2n) is 8.08. The zero-order valence-electron chi connectivity index (χ0n) is 19.0. The molecule has 0 atom stereocenters. The molecular formula is C26H18N4O5S2. The molecule has 1 aliphatic heterocycles. The summed E-state index contributed by atoms with van der Waals surface area (Å²) in [6, 6.07) is 17.1. The number of carbonyl (C=O) groups excluding carboxylic acids is 2. The third-order valence-electron chi connectivity index (χ3n) is 5.59. The predicted molar refractivity (Wildman–Crippen MR) is 145 cm³/mol. The van der Waals surface area contributed by atoms with Crippen molar-refractivity contribution >= 4 is 68.8 Å². The molecule has 2 aromatic carbocycles. The maximum Gasteiger partial charge on any atom is 0.339 e. The molecule has 4 N–H and O–H groups in total. The van der Waals surface area contributed by atoms with Crippen molar-refractivity contribution in [1.82, 2.24) is 14.9 Å². The van der Waals surface area contributed by atoms with Crippen LogP contribution in [-0.2, 0) is 9.59 Å². The lowest BCUT2D eigenvalue weighted by molar-refractivity contribution is -0.126. The molecule has 5 rings (SSSR count). The topological polar surface area (TPSA) is 136 Å². The van der Waals surface area contributed by atoms with Crippen LogP contribution in [0.3, 0.4) is 0 Å². The van der Waals surface area contributed by atoms with Gasteiger partial charge in [0.15, 0.2) is 0 Å². The average molecular weight is 531 g/mol. The number of anilines is 1. The van der Waals surface area contributed by atoms with Gasteiger partial charge in [-0.25, -0.2) is 9.78 Å². The molecule has 3 heterocycles. The number of aromatic nitrogens is 2. The molecule has 0 bridgehead atoms. The summed E-state index contributed by atoms with van der Waals surface area (Å²) in [5.41, 5.74) is 3.19. The van der Waals surface area contributed by atoms with E-state index in [0.717, 1.165) is 40.0 Å². The summed E-state index contributed by atoms with van der Waals surface area (Å²) >= 11 is 6.39. The Bertz CT molecular complexity index is 1630. The monoisotopic (exact) mass is 530 g/mol. The van der Waals surface area contributed by atoms with Crippen LogP contribution in [0.25, 0.3) is 28.2 Å². The van der Waals surface area contributed by atoms with E-state index in [9.17, 15) is 19.5 Å².